The Labute approximate surface area is 181 Å². The number of likely N-dealkylation sites (tertiary alicyclic amines) is 1. The molecule has 0 aromatic heterocycles. The molecule has 2 heterocycles. The molecule has 0 unspecified atom stereocenters. The lowest BCUT2D eigenvalue weighted by Crippen LogP contribution is -2.51. The first-order valence-electron chi connectivity index (χ1n) is 10.3. The van der Waals surface area contributed by atoms with Gasteiger partial charge in [0.2, 0.25) is 5.91 Å². The highest BCUT2D eigenvalue weighted by Crippen LogP contribution is 2.45. The van der Waals surface area contributed by atoms with E-state index in [1.165, 1.54) is 6.92 Å². The second-order valence-corrected chi connectivity index (χ2v) is 8.74. The zero-order valence-electron chi connectivity index (χ0n) is 17.0. The lowest BCUT2D eigenvalue weighted by molar-refractivity contribution is -0.114. The fourth-order valence-corrected chi connectivity index (χ4v) is 4.58. The molecular formula is C23H27ClN2O4. The minimum absolute atomic E-state index is 0.119. The van der Waals surface area contributed by atoms with Gasteiger partial charge in [0.05, 0.1) is 12.2 Å². The van der Waals surface area contributed by atoms with Gasteiger partial charge in [0, 0.05) is 49.3 Å². The standard InChI is InChI=1S/C23H27ClN2O4/c1-15(27)25-18-5-2-16(3-6-18)21(29)14-26-10-8-23(9-11-26)13-20(28)19-12-17(24)4-7-22(19)30-23/h2-7,12,20-21,28-29H,8-11,13-14H2,1H3,(H,25,27)/t20-,21+/m0/s1. The van der Waals surface area contributed by atoms with Crippen molar-refractivity contribution in [3.8, 4) is 5.75 Å². The Morgan fingerprint density at radius 1 is 1.27 bits per heavy atom. The van der Waals surface area contributed by atoms with Crippen LogP contribution in [0, 0.1) is 0 Å². The number of fused-ring (bicyclic) bond motifs is 1. The fraction of sp³-hybridized carbons (Fsp3) is 0.435. The van der Waals surface area contributed by atoms with Crippen molar-refractivity contribution in [2.75, 3.05) is 25.0 Å². The van der Waals surface area contributed by atoms with E-state index in [0.29, 0.717) is 29.4 Å². The SMILES string of the molecule is CC(=O)Nc1ccc([C@H](O)CN2CCC3(CC2)C[C@H](O)c2cc(Cl)ccc2O3)cc1. The van der Waals surface area contributed by atoms with Crippen LogP contribution in [0.4, 0.5) is 5.69 Å². The summed E-state index contributed by atoms with van der Waals surface area (Å²) in [7, 11) is 0. The third-order valence-electron chi connectivity index (χ3n) is 6.04. The maximum absolute atomic E-state index is 11.1. The number of benzene rings is 2. The predicted molar refractivity (Wildman–Crippen MR) is 116 cm³/mol. The van der Waals surface area contributed by atoms with Gasteiger partial charge in [0.25, 0.3) is 0 Å². The molecule has 160 valence electrons. The van der Waals surface area contributed by atoms with Crippen molar-refractivity contribution in [2.24, 2.45) is 0 Å². The highest BCUT2D eigenvalue weighted by Gasteiger charge is 2.43. The number of nitrogens with zero attached hydrogens (tertiary/aromatic N) is 1. The van der Waals surface area contributed by atoms with Gasteiger partial charge in [0.1, 0.15) is 11.4 Å². The molecule has 7 heteroatoms. The number of hydrogen-bond donors (Lipinski definition) is 3. The molecule has 1 spiro atoms. The maximum Gasteiger partial charge on any atom is 0.221 e. The van der Waals surface area contributed by atoms with E-state index in [2.05, 4.69) is 10.2 Å². The Kier molecular flexibility index (Phi) is 6.02. The summed E-state index contributed by atoms with van der Waals surface area (Å²) in [6.07, 6.45) is 0.958. The Hall–Kier alpha value is -2.12. The van der Waals surface area contributed by atoms with Crippen molar-refractivity contribution in [3.05, 3.63) is 58.6 Å². The monoisotopic (exact) mass is 430 g/mol. The van der Waals surface area contributed by atoms with Crippen molar-refractivity contribution in [2.45, 2.75) is 44.0 Å². The summed E-state index contributed by atoms with van der Waals surface area (Å²) in [5.41, 5.74) is 1.92. The Morgan fingerprint density at radius 2 is 1.97 bits per heavy atom. The highest BCUT2D eigenvalue weighted by atomic mass is 35.5. The van der Waals surface area contributed by atoms with E-state index in [0.717, 1.165) is 37.1 Å². The molecule has 4 rings (SSSR count). The molecule has 0 saturated carbocycles. The molecule has 2 aromatic carbocycles. The Balaban J connectivity index is 1.34. The summed E-state index contributed by atoms with van der Waals surface area (Å²) in [5.74, 6) is 0.595. The van der Waals surface area contributed by atoms with Crippen LogP contribution in [0.2, 0.25) is 5.02 Å². The van der Waals surface area contributed by atoms with Crippen LogP contribution in [-0.2, 0) is 4.79 Å². The third-order valence-corrected chi connectivity index (χ3v) is 6.27. The van der Waals surface area contributed by atoms with Gasteiger partial charge in [-0.1, -0.05) is 23.7 Å². The average Bonchev–Trinajstić information content (AvgIpc) is 2.71. The summed E-state index contributed by atoms with van der Waals surface area (Å²) in [6.45, 7) is 3.58. The number of aliphatic hydroxyl groups is 2. The van der Waals surface area contributed by atoms with Crippen LogP contribution in [0.5, 0.6) is 5.75 Å². The Bertz CT molecular complexity index is 910. The van der Waals surface area contributed by atoms with Crippen molar-refractivity contribution >= 4 is 23.2 Å². The van der Waals surface area contributed by atoms with Crippen LogP contribution >= 0.6 is 11.6 Å². The number of rotatable bonds is 4. The van der Waals surface area contributed by atoms with Crippen molar-refractivity contribution in [3.63, 3.8) is 0 Å². The minimum Gasteiger partial charge on any atom is -0.487 e. The molecule has 2 aliphatic heterocycles. The van der Waals surface area contributed by atoms with Gasteiger partial charge in [-0.25, -0.2) is 0 Å². The van der Waals surface area contributed by atoms with E-state index < -0.39 is 12.2 Å². The lowest BCUT2D eigenvalue weighted by Gasteiger charge is -2.46. The molecule has 6 nitrogen and oxygen atoms in total. The number of hydrogen-bond acceptors (Lipinski definition) is 5. The highest BCUT2D eigenvalue weighted by molar-refractivity contribution is 6.30. The smallest absolute Gasteiger partial charge is 0.221 e. The summed E-state index contributed by atoms with van der Waals surface area (Å²) < 4.78 is 6.33. The number of piperidine rings is 1. The maximum atomic E-state index is 11.1. The summed E-state index contributed by atoms with van der Waals surface area (Å²) in [6, 6.07) is 12.7. The summed E-state index contributed by atoms with van der Waals surface area (Å²) >= 11 is 6.05. The second kappa shape index (κ2) is 8.55. The number of amides is 1. The van der Waals surface area contributed by atoms with E-state index >= 15 is 0 Å². The van der Waals surface area contributed by atoms with Crippen LogP contribution in [0.3, 0.4) is 0 Å². The normalized spacial score (nSPS) is 21.5. The number of halogens is 1. The van der Waals surface area contributed by atoms with E-state index in [4.69, 9.17) is 16.3 Å². The number of nitrogens with one attached hydrogen (secondary N) is 1. The molecule has 0 aliphatic carbocycles. The first-order chi connectivity index (χ1) is 14.3. The molecule has 3 N–H and O–H groups in total. The Morgan fingerprint density at radius 3 is 2.63 bits per heavy atom. The molecule has 0 radical (unpaired) electrons. The molecule has 1 amide bonds. The van der Waals surface area contributed by atoms with E-state index in [9.17, 15) is 15.0 Å². The molecule has 0 bridgehead atoms. The molecule has 1 saturated heterocycles. The summed E-state index contributed by atoms with van der Waals surface area (Å²) in [4.78, 5) is 13.4. The average molecular weight is 431 g/mol. The molecular weight excluding hydrogens is 404 g/mol. The molecule has 30 heavy (non-hydrogen) atoms. The number of β-amino-alcohol motifs (C(OH)–C–C–N with tert-alkyl or cyclic N) is 1. The number of carbonyl (C=O) groups is 1. The number of ether oxygens (including phenoxy) is 1. The molecule has 2 atom stereocenters. The van der Waals surface area contributed by atoms with Gasteiger partial charge in [-0.15, -0.1) is 0 Å². The van der Waals surface area contributed by atoms with Crippen molar-refractivity contribution in [1.29, 1.82) is 0 Å². The first-order valence-corrected chi connectivity index (χ1v) is 10.7. The van der Waals surface area contributed by atoms with Crippen molar-refractivity contribution in [1.82, 2.24) is 4.90 Å². The van der Waals surface area contributed by atoms with Gasteiger partial charge < -0.3 is 25.2 Å². The third kappa shape index (κ3) is 4.62. The van der Waals surface area contributed by atoms with Gasteiger partial charge in [0.15, 0.2) is 0 Å². The van der Waals surface area contributed by atoms with E-state index in [1.807, 2.05) is 18.2 Å². The quantitative estimate of drug-likeness (QED) is 0.689. The second-order valence-electron chi connectivity index (χ2n) is 8.31. The van der Waals surface area contributed by atoms with Crippen LogP contribution in [-0.4, -0.2) is 46.3 Å². The van der Waals surface area contributed by atoms with Crippen LogP contribution in [0.1, 0.15) is 49.5 Å². The topological polar surface area (TPSA) is 82.0 Å². The summed E-state index contributed by atoms with van der Waals surface area (Å²) in [5, 5.41) is 24.6. The van der Waals surface area contributed by atoms with Gasteiger partial charge in [-0.05, 0) is 48.7 Å². The first kappa shape index (κ1) is 21.1. The fourth-order valence-electron chi connectivity index (χ4n) is 4.40. The minimum atomic E-state index is -0.605. The van der Waals surface area contributed by atoms with E-state index in [-0.39, 0.29) is 11.5 Å². The molecule has 2 aromatic rings. The zero-order valence-corrected chi connectivity index (χ0v) is 17.7. The van der Waals surface area contributed by atoms with Crippen LogP contribution in [0.25, 0.3) is 0 Å². The number of carbonyl (C=O) groups excluding carboxylic acids is 1. The van der Waals surface area contributed by atoms with Gasteiger partial charge in [-0.2, -0.15) is 0 Å². The zero-order chi connectivity index (χ0) is 21.3. The predicted octanol–water partition coefficient (Wildman–Crippen LogP) is 3.68. The van der Waals surface area contributed by atoms with Crippen molar-refractivity contribution < 1.29 is 19.7 Å². The van der Waals surface area contributed by atoms with Crippen LogP contribution < -0.4 is 10.1 Å². The lowest BCUT2D eigenvalue weighted by atomic mass is 9.81. The molecule has 1 fully saturated rings. The largest absolute Gasteiger partial charge is 0.487 e. The van der Waals surface area contributed by atoms with Gasteiger partial charge in [-0.3, -0.25) is 4.79 Å². The van der Waals surface area contributed by atoms with Gasteiger partial charge >= 0.3 is 0 Å². The van der Waals surface area contributed by atoms with E-state index in [1.54, 1.807) is 24.3 Å². The number of aliphatic hydroxyl groups excluding tert-OH is 2. The van der Waals surface area contributed by atoms with Crippen LogP contribution in [0.15, 0.2) is 42.5 Å². The number of anilines is 1. The molecule has 2 aliphatic rings.